The molecule has 0 spiro atoms. The quantitative estimate of drug-likeness (QED) is 0.255. The summed E-state index contributed by atoms with van der Waals surface area (Å²) in [5, 5.41) is 3.26. The number of benzene rings is 1. The first kappa shape index (κ1) is 22.8. The molecular formula is C19H27IN4O3. The molecule has 0 amide bonds. The smallest absolute Gasteiger partial charge is 0.193 e. The van der Waals surface area contributed by atoms with E-state index in [2.05, 4.69) is 15.3 Å². The van der Waals surface area contributed by atoms with Crippen molar-refractivity contribution in [3.05, 3.63) is 48.8 Å². The predicted molar refractivity (Wildman–Crippen MR) is 118 cm³/mol. The number of halogens is 1. The molecule has 2 rings (SSSR count). The van der Waals surface area contributed by atoms with E-state index in [1.807, 2.05) is 48.3 Å². The lowest BCUT2D eigenvalue weighted by molar-refractivity contribution is 0.278. The average Bonchev–Trinajstić information content (AvgIpc) is 2.69. The van der Waals surface area contributed by atoms with Crippen LogP contribution < -0.4 is 19.5 Å². The van der Waals surface area contributed by atoms with Crippen molar-refractivity contribution in [1.82, 2.24) is 15.2 Å². The van der Waals surface area contributed by atoms with Crippen LogP contribution in [0.15, 0.2) is 53.8 Å². The van der Waals surface area contributed by atoms with Gasteiger partial charge in [0.1, 0.15) is 30.5 Å². The zero-order valence-corrected chi connectivity index (χ0v) is 18.3. The Bertz CT molecular complexity index is 668. The number of methoxy groups -OCH3 is 1. The van der Waals surface area contributed by atoms with Gasteiger partial charge in [0.25, 0.3) is 0 Å². The Balaban J connectivity index is 0.00000364. The first-order chi connectivity index (χ1) is 12.7. The minimum atomic E-state index is 0. The fourth-order valence-electron chi connectivity index (χ4n) is 2.23. The largest absolute Gasteiger partial charge is 0.497 e. The number of hydrogen-bond donors (Lipinski definition) is 1. The maximum Gasteiger partial charge on any atom is 0.193 e. The van der Waals surface area contributed by atoms with E-state index in [1.165, 1.54) is 0 Å². The highest BCUT2D eigenvalue weighted by Crippen LogP contribution is 2.16. The van der Waals surface area contributed by atoms with Crippen LogP contribution >= 0.6 is 24.0 Å². The third-order valence-corrected chi connectivity index (χ3v) is 3.62. The van der Waals surface area contributed by atoms with Crippen molar-refractivity contribution in [2.24, 2.45) is 4.99 Å². The number of pyridine rings is 1. The topological polar surface area (TPSA) is 68.2 Å². The molecule has 0 aliphatic heterocycles. The molecule has 0 atom stereocenters. The number of nitrogens with one attached hydrogen (secondary N) is 1. The second kappa shape index (κ2) is 13.0. The van der Waals surface area contributed by atoms with Gasteiger partial charge in [-0.15, -0.1) is 24.0 Å². The molecule has 0 aliphatic carbocycles. The van der Waals surface area contributed by atoms with Gasteiger partial charge in [0.15, 0.2) is 5.96 Å². The lowest BCUT2D eigenvalue weighted by Gasteiger charge is -2.22. The lowest BCUT2D eigenvalue weighted by atomic mass is 10.3. The van der Waals surface area contributed by atoms with Crippen LogP contribution in [-0.2, 0) is 0 Å². The Hall–Kier alpha value is -2.23. The standard InChI is InChI=1S/C19H26N4O3.HI/c1-20-19(22-11-13-25-18-5-4-10-21-15-18)23(2)12-14-26-17-8-6-16(24-3)7-9-17;/h4-10,15H,11-14H2,1-3H3,(H,20,22);1H. The highest BCUT2D eigenvalue weighted by atomic mass is 127. The van der Waals surface area contributed by atoms with Gasteiger partial charge < -0.3 is 24.4 Å². The van der Waals surface area contributed by atoms with Gasteiger partial charge >= 0.3 is 0 Å². The SMILES string of the molecule is CN=C(NCCOc1cccnc1)N(C)CCOc1ccc(OC)cc1.I. The second-order valence-electron chi connectivity index (χ2n) is 5.46. The maximum atomic E-state index is 5.74. The number of guanidine groups is 1. The van der Waals surface area contributed by atoms with Crippen LogP contribution in [0.1, 0.15) is 0 Å². The zero-order valence-electron chi connectivity index (χ0n) is 15.9. The first-order valence-corrected chi connectivity index (χ1v) is 8.44. The zero-order chi connectivity index (χ0) is 18.6. The second-order valence-corrected chi connectivity index (χ2v) is 5.46. The molecule has 0 saturated heterocycles. The van der Waals surface area contributed by atoms with Gasteiger partial charge in [0.05, 0.1) is 26.4 Å². The van der Waals surface area contributed by atoms with E-state index in [9.17, 15) is 0 Å². The molecule has 0 bridgehead atoms. The molecule has 1 heterocycles. The Kier molecular flexibility index (Phi) is 11.0. The van der Waals surface area contributed by atoms with E-state index in [1.54, 1.807) is 26.6 Å². The fraction of sp³-hybridized carbons (Fsp3) is 0.368. The van der Waals surface area contributed by atoms with Crippen molar-refractivity contribution in [2.75, 3.05) is 47.5 Å². The number of aromatic nitrogens is 1. The number of ether oxygens (including phenoxy) is 3. The Morgan fingerprint density at radius 3 is 2.41 bits per heavy atom. The van der Waals surface area contributed by atoms with Crippen molar-refractivity contribution >= 4 is 29.9 Å². The van der Waals surface area contributed by atoms with E-state index in [0.717, 1.165) is 23.2 Å². The number of rotatable bonds is 9. The van der Waals surface area contributed by atoms with Crippen LogP contribution in [0.5, 0.6) is 17.2 Å². The molecule has 8 heteroatoms. The molecule has 2 aromatic rings. The third-order valence-electron chi connectivity index (χ3n) is 3.62. The van der Waals surface area contributed by atoms with Gasteiger partial charge in [-0.3, -0.25) is 9.98 Å². The van der Waals surface area contributed by atoms with E-state index in [0.29, 0.717) is 26.3 Å². The summed E-state index contributed by atoms with van der Waals surface area (Å²) in [6.07, 6.45) is 3.41. The van der Waals surface area contributed by atoms with Crippen molar-refractivity contribution in [3.63, 3.8) is 0 Å². The highest BCUT2D eigenvalue weighted by Gasteiger charge is 2.06. The Labute approximate surface area is 177 Å². The lowest BCUT2D eigenvalue weighted by Crippen LogP contribution is -2.42. The summed E-state index contributed by atoms with van der Waals surface area (Å²) >= 11 is 0. The molecular weight excluding hydrogens is 459 g/mol. The van der Waals surface area contributed by atoms with Crippen molar-refractivity contribution in [1.29, 1.82) is 0 Å². The molecule has 1 aromatic carbocycles. The van der Waals surface area contributed by atoms with E-state index in [-0.39, 0.29) is 24.0 Å². The van der Waals surface area contributed by atoms with Crippen molar-refractivity contribution < 1.29 is 14.2 Å². The summed E-state index contributed by atoms with van der Waals surface area (Å²) in [5.41, 5.74) is 0. The van der Waals surface area contributed by atoms with Gasteiger partial charge in [-0.25, -0.2) is 0 Å². The predicted octanol–water partition coefficient (Wildman–Crippen LogP) is 2.67. The van der Waals surface area contributed by atoms with E-state index < -0.39 is 0 Å². The number of nitrogens with zero attached hydrogens (tertiary/aromatic N) is 3. The van der Waals surface area contributed by atoms with Gasteiger partial charge in [-0.2, -0.15) is 0 Å². The molecule has 27 heavy (non-hydrogen) atoms. The summed E-state index contributed by atoms with van der Waals surface area (Å²) < 4.78 is 16.5. The van der Waals surface area contributed by atoms with Crippen LogP contribution in [0.4, 0.5) is 0 Å². The normalized spacial score (nSPS) is 10.6. The third kappa shape index (κ3) is 8.33. The van der Waals surface area contributed by atoms with Gasteiger partial charge in [0.2, 0.25) is 0 Å². The molecule has 0 fully saturated rings. The van der Waals surface area contributed by atoms with Crippen LogP contribution in [-0.4, -0.2) is 63.4 Å². The minimum absolute atomic E-state index is 0. The highest BCUT2D eigenvalue weighted by molar-refractivity contribution is 14.0. The molecule has 0 aliphatic rings. The molecule has 0 radical (unpaired) electrons. The van der Waals surface area contributed by atoms with Crippen molar-refractivity contribution in [2.45, 2.75) is 0 Å². The van der Waals surface area contributed by atoms with Gasteiger partial charge in [-0.05, 0) is 36.4 Å². The van der Waals surface area contributed by atoms with Crippen LogP contribution in [0, 0.1) is 0 Å². The summed E-state index contributed by atoms with van der Waals surface area (Å²) in [5.74, 6) is 3.17. The van der Waals surface area contributed by atoms with Crippen LogP contribution in [0.3, 0.4) is 0 Å². The van der Waals surface area contributed by atoms with E-state index >= 15 is 0 Å². The molecule has 7 nitrogen and oxygen atoms in total. The Morgan fingerprint density at radius 2 is 1.78 bits per heavy atom. The molecule has 1 aromatic heterocycles. The maximum absolute atomic E-state index is 5.74. The van der Waals surface area contributed by atoms with Gasteiger partial charge in [-0.1, -0.05) is 0 Å². The van der Waals surface area contributed by atoms with Crippen LogP contribution in [0.2, 0.25) is 0 Å². The Morgan fingerprint density at radius 1 is 1.07 bits per heavy atom. The molecule has 0 unspecified atom stereocenters. The summed E-state index contributed by atoms with van der Waals surface area (Å²) in [6.45, 7) is 2.43. The number of likely N-dealkylation sites (N-methyl/N-ethyl adjacent to an activating group) is 1. The van der Waals surface area contributed by atoms with Crippen molar-refractivity contribution in [3.8, 4) is 17.2 Å². The molecule has 1 N–H and O–H groups in total. The number of aliphatic imine (C=N–C) groups is 1. The van der Waals surface area contributed by atoms with Gasteiger partial charge in [0, 0.05) is 20.3 Å². The first-order valence-electron chi connectivity index (χ1n) is 8.44. The van der Waals surface area contributed by atoms with E-state index in [4.69, 9.17) is 14.2 Å². The fourth-order valence-corrected chi connectivity index (χ4v) is 2.23. The summed E-state index contributed by atoms with van der Waals surface area (Å²) in [7, 11) is 5.37. The van der Waals surface area contributed by atoms with Crippen LogP contribution in [0.25, 0.3) is 0 Å². The summed E-state index contributed by atoms with van der Waals surface area (Å²) in [4.78, 5) is 10.3. The average molecular weight is 486 g/mol. The molecule has 0 saturated carbocycles. The summed E-state index contributed by atoms with van der Waals surface area (Å²) in [6, 6.07) is 11.3. The number of hydrogen-bond acceptors (Lipinski definition) is 5. The minimum Gasteiger partial charge on any atom is -0.497 e. The molecule has 148 valence electrons. The monoisotopic (exact) mass is 486 g/mol.